The van der Waals surface area contributed by atoms with Gasteiger partial charge in [0, 0.05) is 10.4 Å². The van der Waals surface area contributed by atoms with Crippen LogP contribution in [-0.2, 0) is 17.6 Å². The van der Waals surface area contributed by atoms with E-state index in [9.17, 15) is 9.59 Å². The number of amides is 2. The number of hydrogen-bond acceptors (Lipinski definition) is 5. The fraction of sp³-hybridized carbons (Fsp3) is 0.421. The highest BCUT2D eigenvalue weighted by Crippen LogP contribution is 2.29. The molecule has 1 aliphatic carbocycles. The second kappa shape index (κ2) is 9.19. The number of carbonyl (C=O) groups excluding carboxylic acids is 2. The number of aromatic nitrogens is 1. The van der Waals surface area contributed by atoms with E-state index in [4.69, 9.17) is 0 Å². The Morgan fingerprint density at radius 3 is 2.73 bits per heavy atom. The van der Waals surface area contributed by atoms with Crippen LogP contribution in [0, 0.1) is 0 Å². The van der Waals surface area contributed by atoms with Gasteiger partial charge in [-0.15, -0.1) is 11.3 Å². The van der Waals surface area contributed by atoms with E-state index in [0.29, 0.717) is 17.1 Å². The van der Waals surface area contributed by atoms with Crippen LogP contribution in [-0.4, -0.2) is 34.8 Å². The average Bonchev–Trinajstić information content (AvgIpc) is 3.07. The highest BCUT2D eigenvalue weighted by molar-refractivity contribution is 7.98. The largest absolute Gasteiger partial charge is 0.340 e. The van der Waals surface area contributed by atoms with Gasteiger partial charge in [-0.25, -0.2) is 4.98 Å². The molecule has 1 aromatic carbocycles. The minimum absolute atomic E-state index is 0.200. The van der Waals surface area contributed by atoms with Crippen molar-refractivity contribution in [2.75, 3.05) is 17.3 Å². The molecule has 0 saturated carbocycles. The van der Waals surface area contributed by atoms with Crippen molar-refractivity contribution < 1.29 is 9.59 Å². The summed E-state index contributed by atoms with van der Waals surface area (Å²) < 4.78 is 0. The number of nitrogens with one attached hydrogen (secondary N) is 2. The number of thiazole rings is 1. The standard InChI is InChI=1S/C19H23N3O2S2/c1-25-12-11-15(20-17(23)13-7-3-2-4-8-13)18(24)22-19-21-14-9-5-6-10-16(14)26-19/h2-4,7-8,15H,5-6,9-12H2,1H3,(H,20,23)(H,21,22,24). The van der Waals surface area contributed by atoms with Crippen LogP contribution < -0.4 is 10.6 Å². The third kappa shape index (κ3) is 4.86. The van der Waals surface area contributed by atoms with Gasteiger partial charge in [0.2, 0.25) is 5.91 Å². The van der Waals surface area contributed by atoms with Gasteiger partial charge in [0.15, 0.2) is 5.13 Å². The van der Waals surface area contributed by atoms with E-state index >= 15 is 0 Å². The topological polar surface area (TPSA) is 71.1 Å². The second-order valence-electron chi connectivity index (χ2n) is 6.26. The molecule has 1 atom stereocenters. The molecule has 2 aromatic rings. The molecule has 2 N–H and O–H groups in total. The summed E-state index contributed by atoms with van der Waals surface area (Å²) in [5.41, 5.74) is 1.67. The van der Waals surface area contributed by atoms with Crippen LogP contribution in [0.1, 0.15) is 40.2 Å². The predicted octanol–water partition coefficient (Wildman–Crippen LogP) is 3.51. The van der Waals surface area contributed by atoms with E-state index in [-0.39, 0.29) is 11.8 Å². The number of hydrogen-bond donors (Lipinski definition) is 2. The zero-order valence-electron chi connectivity index (χ0n) is 14.8. The molecule has 1 unspecified atom stereocenters. The summed E-state index contributed by atoms with van der Waals surface area (Å²) >= 11 is 3.21. The van der Waals surface area contributed by atoms with Crippen molar-refractivity contribution in [2.45, 2.75) is 38.1 Å². The van der Waals surface area contributed by atoms with Crippen molar-refractivity contribution in [2.24, 2.45) is 0 Å². The van der Waals surface area contributed by atoms with Gasteiger partial charge in [-0.1, -0.05) is 18.2 Å². The van der Waals surface area contributed by atoms with Gasteiger partial charge >= 0.3 is 0 Å². The van der Waals surface area contributed by atoms with Gasteiger partial charge in [0.05, 0.1) is 5.69 Å². The zero-order chi connectivity index (χ0) is 18.4. The van der Waals surface area contributed by atoms with Crippen LogP contribution in [0.4, 0.5) is 5.13 Å². The van der Waals surface area contributed by atoms with Crippen molar-refractivity contribution in [1.82, 2.24) is 10.3 Å². The molecular weight excluding hydrogens is 366 g/mol. The fourth-order valence-corrected chi connectivity index (χ4v) is 4.46. The number of carbonyl (C=O) groups is 2. The number of benzene rings is 1. The van der Waals surface area contributed by atoms with Gasteiger partial charge in [0.1, 0.15) is 6.04 Å². The molecular formula is C19H23N3O2S2. The van der Waals surface area contributed by atoms with E-state index < -0.39 is 6.04 Å². The predicted molar refractivity (Wildman–Crippen MR) is 108 cm³/mol. The van der Waals surface area contributed by atoms with E-state index in [1.54, 1.807) is 35.2 Å². The van der Waals surface area contributed by atoms with Crippen molar-refractivity contribution in [3.63, 3.8) is 0 Å². The third-order valence-electron chi connectivity index (χ3n) is 4.34. The molecule has 1 aromatic heterocycles. The maximum atomic E-state index is 12.7. The molecule has 0 bridgehead atoms. The van der Waals surface area contributed by atoms with Gasteiger partial charge in [0.25, 0.3) is 5.91 Å². The maximum Gasteiger partial charge on any atom is 0.251 e. The van der Waals surface area contributed by atoms with E-state index in [1.807, 2.05) is 24.5 Å². The summed E-state index contributed by atoms with van der Waals surface area (Å²) in [5, 5.41) is 6.42. The van der Waals surface area contributed by atoms with Crippen molar-refractivity contribution in [3.8, 4) is 0 Å². The Hall–Kier alpha value is -1.86. The first-order chi connectivity index (χ1) is 12.7. The average molecular weight is 390 g/mol. The Labute approximate surface area is 162 Å². The Kier molecular flexibility index (Phi) is 6.68. The first kappa shape index (κ1) is 18.9. The molecule has 0 radical (unpaired) electrons. The first-order valence-corrected chi connectivity index (χ1v) is 11.0. The lowest BCUT2D eigenvalue weighted by Crippen LogP contribution is -2.44. The summed E-state index contributed by atoms with van der Waals surface area (Å²) in [4.78, 5) is 31.0. The summed E-state index contributed by atoms with van der Waals surface area (Å²) in [6.45, 7) is 0. The summed E-state index contributed by atoms with van der Waals surface area (Å²) in [6.07, 6.45) is 6.95. The number of fused-ring (bicyclic) bond motifs is 1. The molecule has 2 amide bonds. The van der Waals surface area contributed by atoms with E-state index in [1.165, 1.54) is 11.3 Å². The first-order valence-electron chi connectivity index (χ1n) is 8.81. The minimum Gasteiger partial charge on any atom is -0.340 e. The van der Waals surface area contributed by atoms with Gasteiger partial charge < -0.3 is 10.6 Å². The van der Waals surface area contributed by atoms with Gasteiger partial charge in [-0.3, -0.25) is 9.59 Å². The number of nitrogens with zero attached hydrogens (tertiary/aromatic N) is 1. The molecule has 7 heteroatoms. The minimum atomic E-state index is -0.573. The summed E-state index contributed by atoms with van der Waals surface area (Å²) in [7, 11) is 0. The van der Waals surface area contributed by atoms with Crippen molar-refractivity contribution >= 4 is 40.0 Å². The highest BCUT2D eigenvalue weighted by Gasteiger charge is 2.23. The number of rotatable bonds is 7. The summed E-state index contributed by atoms with van der Waals surface area (Å²) in [6, 6.07) is 8.40. The molecule has 0 aliphatic heterocycles. The Bertz CT molecular complexity index is 738. The quantitative estimate of drug-likeness (QED) is 0.760. The van der Waals surface area contributed by atoms with Crippen molar-refractivity contribution in [3.05, 3.63) is 46.5 Å². The Morgan fingerprint density at radius 1 is 1.23 bits per heavy atom. The van der Waals surface area contributed by atoms with Gasteiger partial charge in [-0.2, -0.15) is 11.8 Å². The fourth-order valence-electron chi connectivity index (χ4n) is 2.93. The van der Waals surface area contributed by atoms with Crippen molar-refractivity contribution in [1.29, 1.82) is 0 Å². The third-order valence-corrected chi connectivity index (χ3v) is 6.06. The zero-order valence-corrected chi connectivity index (χ0v) is 16.4. The highest BCUT2D eigenvalue weighted by atomic mass is 32.2. The lowest BCUT2D eigenvalue weighted by Gasteiger charge is -2.17. The molecule has 138 valence electrons. The van der Waals surface area contributed by atoms with Crippen LogP contribution in [0.5, 0.6) is 0 Å². The second-order valence-corrected chi connectivity index (χ2v) is 8.33. The monoisotopic (exact) mass is 389 g/mol. The maximum absolute atomic E-state index is 12.7. The van der Waals surface area contributed by atoms with Crippen LogP contribution in [0.15, 0.2) is 30.3 Å². The summed E-state index contributed by atoms with van der Waals surface area (Å²) in [5.74, 6) is 0.362. The number of anilines is 1. The number of aryl methyl sites for hydroxylation is 2. The van der Waals surface area contributed by atoms with Crippen LogP contribution in [0.25, 0.3) is 0 Å². The normalized spacial score (nSPS) is 14.3. The molecule has 5 nitrogen and oxygen atoms in total. The lowest BCUT2D eigenvalue weighted by molar-refractivity contribution is -0.118. The lowest BCUT2D eigenvalue weighted by atomic mass is 10.0. The molecule has 1 heterocycles. The molecule has 3 rings (SSSR count). The van der Waals surface area contributed by atoms with E-state index in [0.717, 1.165) is 30.7 Å². The molecule has 0 spiro atoms. The van der Waals surface area contributed by atoms with Gasteiger partial charge in [-0.05, 0) is 56.2 Å². The van der Waals surface area contributed by atoms with Crippen LogP contribution in [0.3, 0.4) is 0 Å². The Balaban J connectivity index is 1.67. The Morgan fingerprint density at radius 2 is 2.00 bits per heavy atom. The smallest absolute Gasteiger partial charge is 0.251 e. The van der Waals surface area contributed by atoms with Crippen LogP contribution >= 0.6 is 23.1 Å². The SMILES string of the molecule is CSCCC(NC(=O)c1ccccc1)C(=O)Nc1nc2c(s1)CCCC2. The molecule has 0 saturated heterocycles. The molecule has 0 fully saturated rings. The van der Waals surface area contributed by atoms with E-state index in [2.05, 4.69) is 15.6 Å². The molecule has 26 heavy (non-hydrogen) atoms. The molecule has 1 aliphatic rings. The number of thioether (sulfide) groups is 1. The van der Waals surface area contributed by atoms with Crippen LogP contribution in [0.2, 0.25) is 0 Å².